The Morgan fingerprint density at radius 3 is 2.60 bits per heavy atom. The van der Waals surface area contributed by atoms with Crippen molar-refractivity contribution in [1.82, 2.24) is 9.88 Å². The number of carbonyl (C=O) groups is 2. The van der Waals surface area contributed by atoms with E-state index < -0.39 is 0 Å². The van der Waals surface area contributed by atoms with Crippen LogP contribution >= 0.6 is 22.9 Å². The smallest absolute Gasteiger partial charge is 0.233 e. The number of alkyl halides is 1. The zero-order chi connectivity index (χ0) is 14.1. The number of thiazole rings is 1. The van der Waals surface area contributed by atoms with Crippen molar-refractivity contribution < 1.29 is 9.59 Å². The first-order valence-electron chi connectivity index (χ1n) is 7.05. The molecule has 108 valence electrons. The fraction of sp³-hybridized carbons (Fsp3) is 0.643. The second-order valence-corrected chi connectivity index (χ2v) is 6.65. The predicted molar refractivity (Wildman–Crippen MR) is 77.5 cm³/mol. The molecule has 1 aliphatic carbocycles. The van der Waals surface area contributed by atoms with Crippen molar-refractivity contribution in [2.75, 3.05) is 6.54 Å². The lowest BCUT2D eigenvalue weighted by Gasteiger charge is -2.15. The quantitative estimate of drug-likeness (QED) is 0.620. The molecule has 1 saturated heterocycles. The van der Waals surface area contributed by atoms with E-state index >= 15 is 0 Å². The number of aryl methyl sites for hydroxylation is 1. The predicted octanol–water partition coefficient (Wildman–Crippen LogP) is 2.60. The van der Waals surface area contributed by atoms with Gasteiger partial charge in [0, 0.05) is 18.3 Å². The van der Waals surface area contributed by atoms with Crippen molar-refractivity contribution in [2.45, 2.75) is 38.0 Å². The maximum absolute atomic E-state index is 12.2. The fourth-order valence-electron chi connectivity index (χ4n) is 3.19. The summed E-state index contributed by atoms with van der Waals surface area (Å²) in [4.78, 5) is 30.2. The minimum Gasteiger partial charge on any atom is -0.282 e. The van der Waals surface area contributed by atoms with Crippen molar-refractivity contribution in [3.8, 4) is 0 Å². The van der Waals surface area contributed by atoms with Crippen LogP contribution in [0, 0.1) is 11.8 Å². The van der Waals surface area contributed by atoms with E-state index in [1.54, 1.807) is 11.3 Å². The van der Waals surface area contributed by atoms with Crippen molar-refractivity contribution in [3.05, 3.63) is 16.1 Å². The van der Waals surface area contributed by atoms with Gasteiger partial charge in [-0.3, -0.25) is 14.5 Å². The van der Waals surface area contributed by atoms with Gasteiger partial charge in [0.05, 0.1) is 28.4 Å². The Morgan fingerprint density at radius 2 is 2.00 bits per heavy atom. The van der Waals surface area contributed by atoms with Crippen LogP contribution in [-0.2, 0) is 21.9 Å². The summed E-state index contributed by atoms with van der Waals surface area (Å²) in [5, 5.41) is 2.98. The van der Waals surface area contributed by atoms with Crippen molar-refractivity contribution in [3.63, 3.8) is 0 Å². The molecule has 1 aliphatic heterocycles. The van der Waals surface area contributed by atoms with Gasteiger partial charge in [-0.05, 0) is 19.3 Å². The van der Waals surface area contributed by atoms with Gasteiger partial charge in [-0.1, -0.05) is 6.42 Å². The fourth-order valence-corrected chi connectivity index (χ4v) is 4.26. The third-order valence-corrected chi connectivity index (χ3v) is 5.42. The van der Waals surface area contributed by atoms with Crippen molar-refractivity contribution in [2.24, 2.45) is 11.8 Å². The number of fused-ring (bicyclic) bond motifs is 1. The van der Waals surface area contributed by atoms with Crippen LogP contribution in [0.1, 0.15) is 36.4 Å². The van der Waals surface area contributed by atoms with Crippen LogP contribution in [0.5, 0.6) is 0 Å². The van der Waals surface area contributed by atoms with Gasteiger partial charge in [0.1, 0.15) is 0 Å². The molecular formula is C14H17ClN2O2S. The molecule has 4 nitrogen and oxygen atoms in total. The average molecular weight is 313 g/mol. The molecule has 0 radical (unpaired) electrons. The largest absolute Gasteiger partial charge is 0.282 e. The van der Waals surface area contributed by atoms with Gasteiger partial charge in [0.2, 0.25) is 11.8 Å². The van der Waals surface area contributed by atoms with E-state index in [1.165, 1.54) is 4.90 Å². The van der Waals surface area contributed by atoms with Crippen LogP contribution in [0.3, 0.4) is 0 Å². The molecule has 2 aliphatic rings. The SMILES string of the molecule is O=C1C2CCCC2C(=O)N1CCCc1nc(CCl)cs1. The second kappa shape index (κ2) is 5.82. The van der Waals surface area contributed by atoms with Gasteiger partial charge in [-0.15, -0.1) is 22.9 Å². The summed E-state index contributed by atoms with van der Waals surface area (Å²) in [5.74, 6) is 0.495. The van der Waals surface area contributed by atoms with Gasteiger partial charge < -0.3 is 0 Å². The lowest BCUT2D eigenvalue weighted by Crippen LogP contribution is -2.32. The number of carbonyl (C=O) groups excluding carboxylic acids is 2. The highest BCUT2D eigenvalue weighted by atomic mass is 35.5. The van der Waals surface area contributed by atoms with E-state index in [4.69, 9.17) is 11.6 Å². The Kier molecular flexibility index (Phi) is 4.08. The van der Waals surface area contributed by atoms with Crippen LogP contribution < -0.4 is 0 Å². The highest BCUT2D eigenvalue weighted by Gasteiger charge is 2.49. The summed E-state index contributed by atoms with van der Waals surface area (Å²) in [7, 11) is 0. The van der Waals surface area contributed by atoms with E-state index in [0.29, 0.717) is 12.4 Å². The molecular weight excluding hydrogens is 296 g/mol. The van der Waals surface area contributed by atoms with Gasteiger partial charge >= 0.3 is 0 Å². The number of hydrogen-bond acceptors (Lipinski definition) is 4. The highest BCUT2D eigenvalue weighted by molar-refractivity contribution is 7.09. The highest BCUT2D eigenvalue weighted by Crippen LogP contribution is 2.39. The van der Waals surface area contributed by atoms with E-state index in [9.17, 15) is 9.59 Å². The first kappa shape index (κ1) is 14.0. The van der Waals surface area contributed by atoms with E-state index in [2.05, 4.69) is 4.98 Å². The van der Waals surface area contributed by atoms with E-state index in [-0.39, 0.29) is 23.7 Å². The Balaban J connectivity index is 1.53. The number of aromatic nitrogens is 1. The van der Waals surface area contributed by atoms with Gasteiger partial charge in [-0.25, -0.2) is 4.98 Å². The van der Waals surface area contributed by atoms with Crippen LogP contribution in [-0.4, -0.2) is 28.2 Å². The maximum Gasteiger partial charge on any atom is 0.233 e. The molecule has 0 aromatic carbocycles. The summed E-state index contributed by atoms with van der Waals surface area (Å²) in [6, 6.07) is 0. The molecule has 20 heavy (non-hydrogen) atoms. The minimum absolute atomic E-state index is 0.0230. The first-order chi connectivity index (χ1) is 9.70. The monoisotopic (exact) mass is 312 g/mol. The lowest BCUT2D eigenvalue weighted by molar-refractivity contribution is -0.140. The summed E-state index contributed by atoms with van der Waals surface area (Å²) in [5.41, 5.74) is 0.898. The second-order valence-electron chi connectivity index (χ2n) is 5.44. The first-order valence-corrected chi connectivity index (χ1v) is 8.46. The number of imide groups is 1. The molecule has 0 spiro atoms. The van der Waals surface area contributed by atoms with Gasteiger partial charge in [0.25, 0.3) is 0 Å². The maximum atomic E-state index is 12.2. The van der Waals surface area contributed by atoms with Crippen LogP contribution in [0.25, 0.3) is 0 Å². The van der Waals surface area contributed by atoms with Crippen molar-refractivity contribution in [1.29, 1.82) is 0 Å². The molecule has 2 unspecified atom stereocenters. The van der Waals surface area contributed by atoms with Crippen LogP contribution in [0.4, 0.5) is 0 Å². The number of likely N-dealkylation sites (tertiary alicyclic amines) is 1. The standard InChI is InChI=1S/C14H17ClN2O2S/c15-7-9-8-20-12(16-9)5-2-6-17-13(18)10-3-1-4-11(10)14(17)19/h8,10-11H,1-7H2. The molecule has 6 heteroatoms. The van der Waals surface area contributed by atoms with Gasteiger partial charge in [0.15, 0.2) is 0 Å². The summed E-state index contributed by atoms with van der Waals surface area (Å²) >= 11 is 7.31. The molecule has 1 saturated carbocycles. The third kappa shape index (κ3) is 2.49. The number of hydrogen-bond donors (Lipinski definition) is 0. The molecule has 2 amide bonds. The summed E-state index contributed by atoms with van der Waals surface area (Å²) in [6.07, 6.45) is 4.37. The normalized spacial score (nSPS) is 25.6. The molecule has 2 heterocycles. The Bertz CT molecular complexity index is 509. The number of halogens is 1. The summed E-state index contributed by atoms with van der Waals surface area (Å²) < 4.78 is 0. The number of amides is 2. The topological polar surface area (TPSA) is 50.3 Å². The zero-order valence-corrected chi connectivity index (χ0v) is 12.8. The molecule has 2 fully saturated rings. The molecule has 0 N–H and O–H groups in total. The van der Waals surface area contributed by atoms with Crippen molar-refractivity contribution >= 4 is 34.8 Å². The Labute approximate surface area is 127 Å². The average Bonchev–Trinajstić information content (AvgIpc) is 3.14. The van der Waals surface area contributed by atoms with E-state index in [1.807, 2.05) is 5.38 Å². The molecule has 1 aromatic heterocycles. The molecule has 3 rings (SSSR count). The number of nitrogens with zero attached hydrogens (tertiary/aromatic N) is 2. The lowest BCUT2D eigenvalue weighted by atomic mass is 10.00. The zero-order valence-electron chi connectivity index (χ0n) is 11.2. The van der Waals surface area contributed by atoms with E-state index in [0.717, 1.165) is 42.8 Å². The Morgan fingerprint density at radius 1 is 1.30 bits per heavy atom. The number of rotatable bonds is 5. The third-order valence-electron chi connectivity index (χ3n) is 4.19. The van der Waals surface area contributed by atoms with Gasteiger partial charge in [-0.2, -0.15) is 0 Å². The summed E-state index contributed by atoms with van der Waals surface area (Å²) in [6.45, 7) is 0.528. The Hall–Kier alpha value is -0.940. The molecule has 2 atom stereocenters. The molecule has 0 bridgehead atoms. The molecule has 1 aromatic rings. The minimum atomic E-state index is -0.0230. The van der Waals surface area contributed by atoms with Crippen LogP contribution in [0.2, 0.25) is 0 Å². The van der Waals surface area contributed by atoms with Crippen LogP contribution in [0.15, 0.2) is 5.38 Å².